The Morgan fingerprint density at radius 2 is 2.53 bits per heavy atom. The van der Waals surface area contributed by atoms with Gasteiger partial charge in [-0.05, 0) is 37.9 Å². The van der Waals surface area contributed by atoms with E-state index in [2.05, 4.69) is 10.3 Å². The van der Waals surface area contributed by atoms with Crippen LogP contribution in [0.25, 0.3) is 0 Å². The fourth-order valence-corrected chi connectivity index (χ4v) is 3.06. The Morgan fingerprint density at radius 1 is 1.58 bits per heavy atom. The van der Waals surface area contributed by atoms with Crippen LogP contribution in [0, 0.1) is 11.2 Å². The number of pyridine rings is 1. The number of rotatable bonds is 3. The zero-order chi connectivity index (χ0) is 13.1. The van der Waals surface area contributed by atoms with Gasteiger partial charge in [-0.3, -0.25) is 0 Å². The molecular weight excluding hydrogens is 247 g/mol. The Labute approximate surface area is 112 Å². The van der Waals surface area contributed by atoms with E-state index in [1.807, 2.05) is 0 Å². The third-order valence-corrected chi connectivity index (χ3v) is 4.10. The van der Waals surface area contributed by atoms with Gasteiger partial charge in [-0.15, -0.1) is 0 Å². The molecule has 1 aromatic heterocycles. The van der Waals surface area contributed by atoms with Crippen molar-refractivity contribution in [2.75, 3.05) is 26.3 Å². The third kappa shape index (κ3) is 2.58. The fraction of sp³-hybridized carbons (Fsp3) is 0.643. The summed E-state index contributed by atoms with van der Waals surface area (Å²) in [6, 6.07) is 2.93. The van der Waals surface area contributed by atoms with Crippen LogP contribution in [0.4, 0.5) is 4.39 Å². The molecule has 0 radical (unpaired) electrons. The molecule has 0 amide bonds. The van der Waals surface area contributed by atoms with Gasteiger partial charge in [0.05, 0.1) is 12.7 Å². The van der Waals surface area contributed by atoms with E-state index >= 15 is 0 Å². The first-order valence-electron chi connectivity index (χ1n) is 6.86. The molecule has 104 valence electrons. The minimum Gasteiger partial charge on any atom is -0.475 e. The Bertz CT molecular complexity index is 429. The molecule has 1 aromatic rings. The maximum Gasteiger partial charge on any atom is 0.250 e. The Balaban J connectivity index is 1.71. The van der Waals surface area contributed by atoms with E-state index in [1.165, 1.54) is 6.07 Å². The van der Waals surface area contributed by atoms with Crippen LogP contribution in [0.5, 0.6) is 5.88 Å². The third-order valence-electron chi connectivity index (χ3n) is 4.10. The van der Waals surface area contributed by atoms with Crippen LogP contribution in [-0.2, 0) is 4.74 Å². The van der Waals surface area contributed by atoms with Crippen LogP contribution >= 0.6 is 0 Å². The molecular formula is C14H19FN2O2. The summed E-state index contributed by atoms with van der Waals surface area (Å²) in [6.07, 6.45) is 4.85. The van der Waals surface area contributed by atoms with Gasteiger partial charge in [0.1, 0.15) is 0 Å². The molecule has 0 aliphatic carbocycles. The van der Waals surface area contributed by atoms with Crippen molar-refractivity contribution >= 4 is 0 Å². The normalized spacial score (nSPS) is 30.7. The second-order valence-electron chi connectivity index (χ2n) is 5.37. The van der Waals surface area contributed by atoms with E-state index in [1.54, 1.807) is 12.3 Å². The van der Waals surface area contributed by atoms with Crippen molar-refractivity contribution in [2.45, 2.75) is 25.4 Å². The second-order valence-corrected chi connectivity index (χ2v) is 5.37. The highest BCUT2D eigenvalue weighted by atomic mass is 19.1. The molecule has 1 N–H and O–H groups in total. The molecule has 3 rings (SSSR count). The number of aromatic nitrogens is 1. The Hall–Kier alpha value is -1.20. The molecule has 0 unspecified atom stereocenters. The van der Waals surface area contributed by atoms with Gasteiger partial charge >= 0.3 is 0 Å². The molecule has 0 bridgehead atoms. The van der Waals surface area contributed by atoms with Gasteiger partial charge < -0.3 is 14.8 Å². The first-order chi connectivity index (χ1) is 9.30. The smallest absolute Gasteiger partial charge is 0.250 e. The zero-order valence-electron chi connectivity index (χ0n) is 10.9. The summed E-state index contributed by atoms with van der Waals surface area (Å²) < 4.78 is 25.0. The fourth-order valence-electron chi connectivity index (χ4n) is 3.06. The molecule has 3 heterocycles. The zero-order valence-corrected chi connectivity index (χ0v) is 10.9. The van der Waals surface area contributed by atoms with Crippen LogP contribution in [-0.4, -0.2) is 37.4 Å². The van der Waals surface area contributed by atoms with Gasteiger partial charge in [0.25, 0.3) is 0 Å². The van der Waals surface area contributed by atoms with Gasteiger partial charge in [-0.25, -0.2) is 9.37 Å². The van der Waals surface area contributed by atoms with E-state index in [0.29, 0.717) is 6.61 Å². The van der Waals surface area contributed by atoms with Crippen LogP contribution in [0.2, 0.25) is 0 Å². The first-order valence-corrected chi connectivity index (χ1v) is 6.86. The lowest BCUT2D eigenvalue weighted by Gasteiger charge is -2.46. The monoisotopic (exact) mass is 266 g/mol. The van der Waals surface area contributed by atoms with E-state index in [-0.39, 0.29) is 17.4 Å². The SMILES string of the molecule is Fc1cccnc1OC[C@]12CCCO[C@H]1CCNC2. The summed E-state index contributed by atoms with van der Waals surface area (Å²) in [5, 5.41) is 3.40. The number of nitrogens with one attached hydrogen (secondary N) is 1. The maximum absolute atomic E-state index is 13.5. The highest BCUT2D eigenvalue weighted by molar-refractivity contribution is 5.13. The quantitative estimate of drug-likeness (QED) is 0.905. The number of nitrogens with zero attached hydrogens (tertiary/aromatic N) is 1. The predicted molar refractivity (Wildman–Crippen MR) is 68.6 cm³/mol. The van der Waals surface area contributed by atoms with Crippen molar-refractivity contribution in [2.24, 2.45) is 5.41 Å². The van der Waals surface area contributed by atoms with Crippen LogP contribution < -0.4 is 10.1 Å². The van der Waals surface area contributed by atoms with Crippen molar-refractivity contribution in [3.63, 3.8) is 0 Å². The van der Waals surface area contributed by atoms with Gasteiger partial charge in [0.2, 0.25) is 5.88 Å². The van der Waals surface area contributed by atoms with E-state index in [4.69, 9.17) is 9.47 Å². The summed E-state index contributed by atoms with van der Waals surface area (Å²) in [4.78, 5) is 3.94. The lowest BCUT2D eigenvalue weighted by Crippen LogP contribution is -2.56. The number of fused-ring (bicyclic) bond motifs is 1. The largest absolute Gasteiger partial charge is 0.475 e. The average Bonchev–Trinajstić information content (AvgIpc) is 2.46. The van der Waals surface area contributed by atoms with Crippen LogP contribution in [0.1, 0.15) is 19.3 Å². The predicted octanol–water partition coefficient (Wildman–Crippen LogP) is 1.76. The van der Waals surface area contributed by atoms with Crippen molar-refractivity contribution < 1.29 is 13.9 Å². The molecule has 2 saturated heterocycles. The molecule has 4 nitrogen and oxygen atoms in total. The van der Waals surface area contributed by atoms with Gasteiger partial charge in [-0.1, -0.05) is 0 Å². The molecule has 5 heteroatoms. The Morgan fingerprint density at radius 3 is 3.42 bits per heavy atom. The molecule has 19 heavy (non-hydrogen) atoms. The number of piperidine rings is 1. The highest BCUT2D eigenvalue weighted by Gasteiger charge is 2.44. The maximum atomic E-state index is 13.5. The lowest BCUT2D eigenvalue weighted by molar-refractivity contribution is -0.116. The molecule has 0 spiro atoms. The number of hydrogen-bond donors (Lipinski definition) is 1. The summed E-state index contributed by atoms with van der Waals surface area (Å²) in [7, 11) is 0. The Kier molecular flexibility index (Phi) is 3.66. The summed E-state index contributed by atoms with van der Waals surface area (Å²) in [5.41, 5.74) is -0.0412. The minimum atomic E-state index is -0.407. The number of hydrogen-bond acceptors (Lipinski definition) is 4. The topological polar surface area (TPSA) is 43.4 Å². The molecule has 0 aromatic carbocycles. The van der Waals surface area contributed by atoms with Gasteiger partial charge in [0, 0.05) is 24.8 Å². The van der Waals surface area contributed by atoms with Crippen LogP contribution in [0.15, 0.2) is 18.3 Å². The van der Waals surface area contributed by atoms with Crippen molar-refractivity contribution in [3.05, 3.63) is 24.1 Å². The molecule has 2 atom stereocenters. The van der Waals surface area contributed by atoms with Crippen LogP contribution in [0.3, 0.4) is 0 Å². The number of ether oxygens (including phenoxy) is 2. The summed E-state index contributed by atoms with van der Waals surface area (Å²) >= 11 is 0. The van der Waals surface area contributed by atoms with E-state index in [0.717, 1.165) is 39.0 Å². The standard InChI is InChI=1S/C14H19FN2O2/c15-11-3-1-6-17-13(11)19-10-14-5-2-8-18-12(14)4-7-16-9-14/h1,3,6,12,16H,2,4-5,7-10H2/t12-,14+/m0/s1. The molecule has 2 fully saturated rings. The lowest BCUT2D eigenvalue weighted by atomic mass is 9.73. The average molecular weight is 266 g/mol. The van der Waals surface area contributed by atoms with Crippen molar-refractivity contribution in [3.8, 4) is 5.88 Å². The molecule has 2 aliphatic heterocycles. The molecule has 2 aliphatic rings. The minimum absolute atomic E-state index is 0.0412. The summed E-state index contributed by atoms with van der Waals surface area (Å²) in [6.45, 7) is 3.12. The molecule has 0 saturated carbocycles. The number of halogens is 1. The highest BCUT2D eigenvalue weighted by Crippen LogP contribution is 2.38. The second kappa shape index (κ2) is 5.43. The van der Waals surface area contributed by atoms with Gasteiger partial charge in [0.15, 0.2) is 5.82 Å². The van der Waals surface area contributed by atoms with E-state index < -0.39 is 5.82 Å². The van der Waals surface area contributed by atoms with Crippen molar-refractivity contribution in [1.82, 2.24) is 10.3 Å². The summed E-state index contributed by atoms with van der Waals surface area (Å²) in [5.74, 6) is -0.317. The van der Waals surface area contributed by atoms with Gasteiger partial charge in [-0.2, -0.15) is 0 Å². The van der Waals surface area contributed by atoms with Crippen molar-refractivity contribution in [1.29, 1.82) is 0 Å². The van der Waals surface area contributed by atoms with E-state index in [9.17, 15) is 4.39 Å². The first kappa shape index (κ1) is 12.8.